The van der Waals surface area contributed by atoms with Gasteiger partial charge < -0.3 is 10.1 Å². The second kappa shape index (κ2) is 4.93. The zero-order chi connectivity index (χ0) is 13.2. The second-order valence-corrected chi connectivity index (χ2v) is 4.61. The largest absolute Gasteiger partial charge is 0.376 e. The van der Waals surface area contributed by atoms with Crippen LogP contribution in [0.4, 0.5) is 0 Å². The van der Waals surface area contributed by atoms with E-state index >= 15 is 0 Å². The van der Waals surface area contributed by atoms with Gasteiger partial charge in [-0.05, 0) is 25.8 Å². The van der Waals surface area contributed by atoms with E-state index in [2.05, 4.69) is 20.5 Å². The lowest BCUT2D eigenvalue weighted by atomic mass is 10.2. The molecule has 3 rings (SSSR count). The molecule has 0 aromatic carbocycles. The van der Waals surface area contributed by atoms with Crippen molar-refractivity contribution in [2.45, 2.75) is 25.9 Å². The first-order valence-electron chi connectivity index (χ1n) is 6.32. The topological polar surface area (TPSA) is 81.4 Å². The molecule has 2 aromatic rings. The number of amides is 1. The Labute approximate surface area is 110 Å². The molecule has 0 unspecified atom stereocenters. The summed E-state index contributed by atoms with van der Waals surface area (Å²) in [5.74, 6) is 0.427. The molecule has 19 heavy (non-hydrogen) atoms. The molecule has 1 N–H and O–H groups in total. The maximum absolute atomic E-state index is 12.0. The molecule has 0 saturated carbocycles. The number of fused-ring (bicyclic) bond motifs is 1. The lowest BCUT2D eigenvalue weighted by Crippen LogP contribution is -2.32. The van der Waals surface area contributed by atoms with Crippen LogP contribution in [-0.4, -0.2) is 44.7 Å². The molecule has 100 valence electrons. The van der Waals surface area contributed by atoms with Crippen LogP contribution in [0.1, 0.15) is 29.2 Å². The summed E-state index contributed by atoms with van der Waals surface area (Å²) in [5.41, 5.74) is 0.839. The minimum Gasteiger partial charge on any atom is -0.376 e. The average Bonchev–Trinajstić information content (AvgIpc) is 3.04. The van der Waals surface area contributed by atoms with Crippen molar-refractivity contribution in [3.8, 4) is 0 Å². The van der Waals surface area contributed by atoms with Crippen LogP contribution in [0.15, 0.2) is 12.3 Å². The van der Waals surface area contributed by atoms with E-state index in [0.717, 1.165) is 25.1 Å². The zero-order valence-electron chi connectivity index (χ0n) is 10.7. The van der Waals surface area contributed by atoms with E-state index in [1.54, 1.807) is 10.6 Å². The fourth-order valence-corrected chi connectivity index (χ4v) is 2.12. The maximum Gasteiger partial charge on any atom is 0.289 e. The molecule has 1 aliphatic rings. The van der Waals surface area contributed by atoms with Crippen molar-refractivity contribution in [1.29, 1.82) is 0 Å². The Balaban J connectivity index is 1.74. The van der Waals surface area contributed by atoms with Crippen molar-refractivity contribution in [2.24, 2.45) is 0 Å². The molecule has 0 spiro atoms. The number of hydrogen-bond donors (Lipinski definition) is 1. The third-order valence-electron chi connectivity index (χ3n) is 3.14. The summed E-state index contributed by atoms with van der Waals surface area (Å²) >= 11 is 0. The van der Waals surface area contributed by atoms with Crippen LogP contribution in [0.3, 0.4) is 0 Å². The van der Waals surface area contributed by atoms with Crippen LogP contribution in [0.2, 0.25) is 0 Å². The SMILES string of the molecule is Cc1ccn2c(C(=O)NC[C@H]3CCCO3)nnc2n1. The zero-order valence-corrected chi connectivity index (χ0v) is 10.7. The number of carbonyl (C=O) groups excluding carboxylic acids is 1. The molecule has 7 nitrogen and oxygen atoms in total. The van der Waals surface area contributed by atoms with Gasteiger partial charge in [0, 0.05) is 25.0 Å². The fourth-order valence-electron chi connectivity index (χ4n) is 2.12. The van der Waals surface area contributed by atoms with Gasteiger partial charge in [-0.25, -0.2) is 4.98 Å². The molecule has 0 bridgehead atoms. The first kappa shape index (κ1) is 12.0. The molecule has 0 radical (unpaired) electrons. The molecular formula is C12H15N5O2. The maximum atomic E-state index is 12.0. The Hall–Kier alpha value is -2.02. The first-order valence-corrected chi connectivity index (χ1v) is 6.32. The van der Waals surface area contributed by atoms with Crippen LogP contribution in [0.5, 0.6) is 0 Å². The van der Waals surface area contributed by atoms with E-state index in [9.17, 15) is 4.79 Å². The monoisotopic (exact) mass is 261 g/mol. The summed E-state index contributed by atoms with van der Waals surface area (Å²) in [6.45, 7) is 3.15. The van der Waals surface area contributed by atoms with Crippen LogP contribution >= 0.6 is 0 Å². The molecule has 3 heterocycles. The molecule has 2 aromatic heterocycles. The van der Waals surface area contributed by atoms with Gasteiger partial charge in [-0.15, -0.1) is 10.2 Å². The summed E-state index contributed by atoms with van der Waals surface area (Å²) in [4.78, 5) is 16.2. The van der Waals surface area contributed by atoms with Gasteiger partial charge >= 0.3 is 0 Å². The Morgan fingerprint density at radius 2 is 2.47 bits per heavy atom. The average molecular weight is 261 g/mol. The minimum atomic E-state index is -0.256. The highest BCUT2D eigenvalue weighted by atomic mass is 16.5. The van der Waals surface area contributed by atoms with Crippen LogP contribution in [0.25, 0.3) is 5.78 Å². The molecule has 7 heteroatoms. The summed E-state index contributed by atoms with van der Waals surface area (Å²) in [6.07, 6.45) is 3.90. The summed E-state index contributed by atoms with van der Waals surface area (Å²) in [5, 5.41) is 10.6. The first-order chi connectivity index (χ1) is 9.24. The molecule has 1 fully saturated rings. The van der Waals surface area contributed by atoms with Crippen molar-refractivity contribution in [2.75, 3.05) is 13.2 Å². The van der Waals surface area contributed by atoms with Gasteiger partial charge in [0.15, 0.2) is 0 Å². The van der Waals surface area contributed by atoms with Crippen LogP contribution in [0, 0.1) is 6.92 Å². The van der Waals surface area contributed by atoms with E-state index in [-0.39, 0.29) is 17.8 Å². The van der Waals surface area contributed by atoms with Crippen molar-refractivity contribution < 1.29 is 9.53 Å². The highest BCUT2D eigenvalue weighted by molar-refractivity contribution is 5.91. The predicted octanol–water partition coefficient (Wildman–Crippen LogP) is 0.342. The van der Waals surface area contributed by atoms with Gasteiger partial charge in [-0.3, -0.25) is 9.20 Å². The van der Waals surface area contributed by atoms with Crippen LogP contribution in [-0.2, 0) is 4.74 Å². The van der Waals surface area contributed by atoms with Crippen LogP contribution < -0.4 is 5.32 Å². The quantitative estimate of drug-likeness (QED) is 0.861. The highest BCUT2D eigenvalue weighted by Gasteiger charge is 2.19. The normalized spacial score (nSPS) is 18.9. The summed E-state index contributed by atoms with van der Waals surface area (Å²) in [6, 6.07) is 1.81. The molecule has 0 aliphatic carbocycles. The Morgan fingerprint density at radius 3 is 3.26 bits per heavy atom. The highest BCUT2D eigenvalue weighted by Crippen LogP contribution is 2.10. The predicted molar refractivity (Wildman–Crippen MR) is 66.8 cm³/mol. The number of ether oxygens (including phenoxy) is 1. The lowest BCUT2D eigenvalue weighted by molar-refractivity contribution is 0.0848. The smallest absolute Gasteiger partial charge is 0.289 e. The van der Waals surface area contributed by atoms with Crippen molar-refractivity contribution in [1.82, 2.24) is 24.9 Å². The third-order valence-corrected chi connectivity index (χ3v) is 3.14. The standard InChI is InChI=1S/C12H15N5O2/c1-8-4-5-17-10(15-16-12(17)14-8)11(18)13-7-9-3-2-6-19-9/h4-5,9H,2-3,6-7H2,1H3,(H,13,18)/t9-/m1/s1. The number of aryl methyl sites for hydroxylation is 1. The van der Waals surface area contributed by atoms with Gasteiger partial charge in [0.2, 0.25) is 5.82 Å². The van der Waals surface area contributed by atoms with E-state index in [0.29, 0.717) is 12.3 Å². The van der Waals surface area contributed by atoms with Crippen molar-refractivity contribution in [3.63, 3.8) is 0 Å². The number of aromatic nitrogens is 4. The van der Waals surface area contributed by atoms with Crippen molar-refractivity contribution >= 4 is 11.7 Å². The Morgan fingerprint density at radius 1 is 1.58 bits per heavy atom. The van der Waals surface area contributed by atoms with E-state index in [1.807, 2.05) is 13.0 Å². The number of nitrogens with zero attached hydrogens (tertiary/aromatic N) is 4. The number of nitrogens with one attached hydrogen (secondary N) is 1. The van der Waals surface area contributed by atoms with E-state index in [1.165, 1.54) is 0 Å². The fraction of sp³-hybridized carbons (Fsp3) is 0.500. The molecule has 1 aliphatic heterocycles. The van der Waals surface area contributed by atoms with Gasteiger partial charge in [0.05, 0.1) is 6.10 Å². The van der Waals surface area contributed by atoms with Gasteiger partial charge in [-0.1, -0.05) is 0 Å². The van der Waals surface area contributed by atoms with E-state index < -0.39 is 0 Å². The number of hydrogen-bond acceptors (Lipinski definition) is 5. The molecular weight excluding hydrogens is 246 g/mol. The minimum absolute atomic E-state index is 0.114. The Bertz CT molecular complexity index is 603. The van der Waals surface area contributed by atoms with Gasteiger partial charge in [-0.2, -0.15) is 0 Å². The van der Waals surface area contributed by atoms with Gasteiger partial charge in [0.25, 0.3) is 11.7 Å². The molecule has 1 saturated heterocycles. The Kier molecular flexibility index (Phi) is 3.12. The van der Waals surface area contributed by atoms with E-state index in [4.69, 9.17) is 4.74 Å². The third kappa shape index (κ3) is 2.41. The van der Waals surface area contributed by atoms with Crippen molar-refractivity contribution in [3.05, 3.63) is 23.8 Å². The summed E-state index contributed by atoms with van der Waals surface area (Å²) in [7, 11) is 0. The molecule has 1 atom stereocenters. The lowest BCUT2D eigenvalue weighted by Gasteiger charge is -2.09. The number of carbonyl (C=O) groups is 1. The van der Waals surface area contributed by atoms with Gasteiger partial charge in [0.1, 0.15) is 0 Å². The summed E-state index contributed by atoms with van der Waals surface area (Å²) < 4.78 is 7.04. The molecule has 1 amide bonds. The number of rotatable bonds is 3. The second-order valence-electron chi connectivity index (χ2n) is 4.61.